The van der Waals surface area contributed by atoms with Gasteiger partial charge in [-0.3, -0.25) is 4.79 Å². The van der Waals surface area contributed by atoms with Crippen LogP contribution in [0.25, 0.3) is 0 Å². The van der Waals surface area contributed by atoms with Crippen molar-refractivity contribution in [2.75, 3.05) is 19.8 Å². The van der Waals surface area contributed by atoms with Crippen LogP contribution in [-0.4, -0.2) is 77.2 Å². The van der Waals surface area contributed by atoms with E-state index in [2.05, 4.69) is 10.2 Å². The Kier molecular flexibility index (Phi) is 5.55. The molecule has 24 heavy (non-hydrogen) atoms. The number of nitrogens with one attached hydrogen (secondary N) is 1. The molecule has 0 radical (unpaired) electrons. The number of rotatable bonds is 5. The topological polar surface area (TPSA) is 108 Å². The van der Waals surface area contributed by atoms with Crippen LogP contribution in [0.4, 0.5) is 9.18 Å². The molecule has 0 aromatic rings. The predicted molar refractivity (Wildman–Crippen MR) is 72.8 cm³/mol. The molecule has 0 aliphatic carbocycles. The molecule has 2 N–H and O–H groups in total. The molecular formula is C13H17FLiN3O6. The second-order valence-corrected chi connectivity index (χ2v) is 5.64. The fraction of sp³-hybridized carbons (Fsp3) is 0.615. The van der Waals surface area contributed by atoms with Crippen LogP contribution in [0.2, 0.25) is 0 Å². The summed E-state index contributed by atoms with van der Waals surface area (Å²) in [5.74, 6) is -2.18. The van der Waals surface area contributed by atoms with Crippen molar-refractivity contribution in [1.82, 2.24) is 15.3 Å². The predicted octanol–water partition coefficient (Wildman–Crippen LogP) is -3.64. The Morgan fingerprint density at radius 2 is 2.21 bits per heavy atom. The molecule has 3 atom stereocenters. The molecule has 2 fully saturated rings. The Labute approximate surface area is 150 Å². The number of halogens is 1. The van der Waals surface area contributed by atoms with Crippen molar-refractivity contribution >= 4 is 17.9 Å². The second-order valence-electron chi connectivity index (χ2n) is 5.64. The summed E-state index contributed by atoms with van der Waals surface area (Å²) in [7, 11) is 0. The Morgan fingerprint density at radius 1 is 1.54 bits per heavy atom. The maximum atomic E-state index is 13.2. The smallest absolute Gasteiger partial charge is 1.00 e. The number of hydrogen-bond acceptors (Lipinski definition) is 5. The molecule has 128 valence electrons. The summed E-state index contributed by atoms with van der Waals surface area (Å²) >= 11 is 0. The van der Waals surface area contributed by atoms with Crippen LogP contribution < -0.4 is 24.2 Å². The summed E-state index contributed by atoms with van der Waals surface area (Å²) in [6.07, 6.45) is -1.04. The van der Waals surface area contributed by atoms with Crippen molar-refractivity contribution in [1.29, 1.82) is 0 Å². The molecule has 0 spiro atoms. The number of carbonyl (C=O) groups excluding carboxylic acids is 2. The summed E-state index contributed by atoms with van der Waals surface area (Å²) in [5, 5.41) is 12.0. The summed E-state index contributed by atoms with van der Waals surface area (Å²) < 4.78 is 18.2. The number of hydroxylamine groups is 2. The van der Waals surface area contributed by atoms with Crippen molar-refractivity contribution in [2.45, 2.75) is 31.4 Å². The van der Waals surface area contributed by atoms with Gasteiger partial charge in [0, 0.05) is 0 Å². The molecule has 11 heteroatoms. The number of hydrogen-bond donors (Lipinski definition) is 2. The van der Waals surface area contributed by atoms with Gasteiger partial charge in [-0.1, -0.05) is 6.08 Å². The van der Waals surface area contributed by atoms with E-state index in [1.807, 2.05) is 0 Å². The van der Waals surface area contributed by atoms with Gasteiger partial charge in [-0.05, 0) is 12.5 Å². The zero-order valence-corrected chi connectivity index (χ0v) is 13.3. The standard InChI is InChI=1S/C13H16FN3O6.Li.H/c1-6-2-8-3-16(9(6)11(18)15-7-4-22-5-7)13(21)17(8)23-10(14)12(19)20;;/h2,7-10H,3-5H2,1H3,(H,15,18)(H,19,20);;/q;+1;-1/t8-,9+,10-;;/m1../s1. The number of ether oxygens (including phenoxy) is 1. The van der Waals surface area contributed by atoms with Crippen LogP contribution in [0.15, 0.2) is 11.6 Å². The fourth-order valence-corrected chi connectivity index (χ4v) is 2.81. The first-order valence-electron chi connectivity index (χ1n) is 7.08. The monoisotopic (exact) mass is 337 g/mol. The summed E-state index contributed by atoms with van der Waals surface area (Å²) in [4.78, 5) is 41.0. The van der Waals surface area contributed by atoms with Gasteiger partial charge in [0.2, 0.25) is 5.91 Å². The van der Waals surface area contributed by atoms with Gasteiger partial charge in [-0.25, -0.2) is 18.8 Å². The van der Waals surface area contributed by atoms with Crippen LogP contribution in [0.3, 0.4) is 0 Å². The van der Waals surface area contributed by atoms with Gasteiger partial charge in [0.15, 0.2) is 0 Å². The summed E-state index contributed by atoms with van der Waals surface area (Å²) in [5.41, 5.74) is 0.615. The first-order chi connectivity index (χ1) is 10.9. The third-order valence-corrected chi connectivity index (χ3v) is 3.95. The number of alkyl halides is 1. The van der Waals surface area contributed by atoms with E-state index in [0.717, 1.165) is 0 Å². The van der Waals surface area contributed by atoms with E-state index in [-0.39, 0.29) is 38.8 Å². The van der Waals surface area contributed by atoms with E-state index in [0.29, 0.717) is 23.9 Å². The number of carboxylic acids is 1. The quantitative estimate of drug-likeness (QED) is 0.396. The van der Waals surface area contributed by atoms with E-state index in [4.69, 9.17) is 9.84 Å². The Bertz CT molecular complexity index is 590. The van der Waals surface area contributed by atoms with Crippen LogP contribution in [0, 0.1) is 0 Å². The van der Waals surface area contributed by atoms with E-state index in [1.165, 1.54) is 4.90 Å². The molecule has 2 bridgehead atoms. The number of carbonyl (C=O) groups is 3. The third kappa shape index (κ3) is 3.28. The SMILES string of the molecule is CC1=C[C@@H]2CN(C(=O)N2O[C@@H](F)C(=O)O)[C@@H]1C(=O)NC1COC1.[H-].[Li+]. The number of amides is 3. The second kappa shape index (κ2) is 7.11. The molecule has 0 unspecified atom stereocenters. The maximum Gasteiger partial charge on any atom is 1.00 e. The average Bonchev–Trinajstić information content (AvgIpc) is 2.68. The molecule has 0 aromatic carbocycles. The first kappa shape index (κ1) is 18.7. The number of urea groups is 1. The maximum absolute atomic E-state index is 13.2. The molecular weight excluding hydrogens is 320 g/mol. The van der Waals surface area contributed by atoms with E-state index in [9.17, 15) is 18.8 Å². The van der Waals surface area contributed by atoms with E-state index < -0.39 is 30.4 Å². The average molecular weight is 337 g/mol. The minimum Gasteiger partial charge on any atom is -1.00 e. The van der Waals surface area contributed by atoms with Gasteiger partial charge in [-0.2, -0.15) is 5.06 Å². The Balaban J connectivity index is 0.00000156. The molecule has 3 rings (SSSR count). The number of carboxylic acid groups (broad SMARTS) is 1. The zero-order chi connectivity index (χ0) is 16.7. The van der Waals surface area contributed by atoms with Crippen molar-refractivity contribution in [3.8, 4) is 0 Å². The molecule has 3 aliphatic rings. The third-order valence-electron chi connectivity index (χ3n) is 3.95. The molecule has 9 nitrogen and oxygen atoms in total. The van der Waals surface area contributed by atoms with Gasteiger partial charge in [0.25, 0.3) is 0 Å². The van der Waals surface area contributed by atoms with Crippen molar-refractivity contribution in [3.63, 3.8) is 0 Å². The summed E-state index contributed by atoms with van der Waals surface area (Å²) in [6, 6.07) is -2.27. The number of nitrogens with zero attached hydrogens (tertiary/aromatic N) is 2. The summed E-state index contributed by atoms with van der Waals surface area (Å²) in [6.45, 7) is 2.66. The van der Waals surface area contributed by atoms with Gasteiger partial charge in [0.05, 0.1) is 31.8 Å². The minimum absolute atomic E-state index is 0. The first-order valence-corrected chi connectivity index (χ1v) is 7.08. The molecule has 3 heterocycles. The van der Waals surface area contributed by atoms with E-state index >= 15 is 0 Å². The molecule has 3 aliphatic heterocycles. The van der Waals surface area contributed by atoms with Gasteiger partial charge < -0.3 is 21.5 Å². The van der Waals surface area contributed by atoms with Crippen molar-refractivity contribution in [2.24, 2.45) is 0 Å². The number of fused-ring (bicyclic) bond motifs is 2. The van der Waals surface area contributed by atoms with Gasteiger partial charge >= 0.3 is 37.2 Å². The van der Waals surface area contributed by atoms with Crippen LogP contribution in [0.1, 0.15) is 8.35 Å². The van der Waals surface area contributed by atoms with Crippen LogP contribution >= 0.6 is 0 Å². The zero-order valence-electron chi connectivity index (χ0n) is 14.3. The molecule has 0 aromatic heterocycles. The minimum atomic E-state index is -2.65. The van der Waals surface area contributed by atoms with Crippen LogP contribution in [0.5, 0.6) is 0 Å². The molecule has 3 amide bonds. The molecule has 2 saturated heterocycles. The fourth-order valence-electron chi connectivity index (χ4n) is 2.81. The molecule has 0 saturated carbocycles. The number of aliphatic carboxylic acids is 1. The normalized spacial score (nSPS) is 27.1. The van der Waals surface area contributed by atoms with Crippen molar-refractivity contribution < 1.29 is 53.7 Å². The van der Waals surface area contributed by atoms with Crippen molar-refractivity contribution in [3.05, 3.63) is 11.6 Å². The van der Waals surface area contributed by atoms with Gasteiger partial charge in [-0.15, -0.1) is 0 Å². The Hall–Kier alpha value is -1.60. The van der Waals surface area contributed by atoms with Crippen LogP contribution in [-0.2, 0) is 19.2 Å². The largest absolute Gasteiger partial charge is 1.00 e. The van der Waals surface area contributed by atoms with Gasteiger partial charge in [0.1, 0.15) is 6.04 Å². The van der Waals surface area contributed by atoms with E-state index in [1.54, 1.807) is 13.0 Å². The Morgan fingerprint density at radius 3 is 2.75 bits per heavy atom.